The number of fused-ring (bicyclic) bond motifs is 1. The average Bonchev–Trinajstić information content (AvgIpc) is 2.69. The van der Waals surface area contributed by atoms with E-state index in [2.05, 4.69) is 19.9 Å². The highest BCUT2D eigenvalue weighted by Gasteiger charge is 2.15. The summed E-state index contributed by atoms with van der Waals surface area (Å²) in [6.45, 7) is 2.17. The fourth-order valence-corrected chi connectivity index (χ4v) is 1.94. The van der Waals surface area contributed by atoms with E-state index in [9.17, 15) is 5.11 Å². The topological polar surface area (TPSA) is 103 Å². The van der Waals surface area contributed by atoms with Crippen LogP contribution >= 0.6 is 0 Å². The maximum Gasteiger partial charge on any atom is 0.296 e. The lowest BCUT2D eigenvalue weighted by molar-refractivity contribution is 0.408. The van der Waals surface area contributed by atoms with Crippen LogP contribution in [0, 0.1) is 6.92 Å². The maximum absolute atomic E-state index is 9.92. The Hall–Kier alpha value is -2.70. The van der Waals surface area contributed by atoms with Crippen molar-refractivity contribution in [2.24, 2.45) is 0 Å². The maximum atomic E-state index is 9.92. The molecular weight excluding hydrogens is 244 g/mol. The largest absolute Gasteiger partial charge is 0.480 e. The number of hydrogen-bond acceptors (Lipinski definition) is 6. The molecule has 0 amide bonds. The van der Waals surface area contributed by atoms with Gasteiger partial charge in [0, 0.05) is 12.4 Å². The Morgan fingerprint density at radius 1 is 1.32 bits per heavy atom. The number of aryl methyl sites for hydroxylation is 1. The van der Waals surface area contributed by atoms with Crippen LogP contribution in [0.25, 0.3) is 11.2 Å². The van der Waals surface area contributed by atoms with Crippen molar-refractivity contribution in [2.45, 2.75) is 13.5 Å². The first kappa shape index (κ1) is 11.4. The predicted octanol–water partition coefficient (Wildman–Crippen LogP) is 0.866. The quantitative estimate of drug-likeness (QED) is 0.705. The molecule has 3 aromatic heterocycles. The molecule has 0 radical (unpaired) electrons. The number of imidazole rings is 1. The zero-order valence-corrected chi connectivity index (χ0v) is 10.3. The molecule has 0 spiro atoms. The number of anilines is 1. The van der Waals surface area contributed by atoms with Gasteiger partial charge < -0.3 is 10.8 Å². The van der Waals surface area contributed by atoms with Crippen molar-refractivity contribution in [3.63, 3.8) is 0 Å². The van der Waals surface area contributed by atoms with Crippen LogP contribution in [0.5, 0.6) is 6.01 Å². The molecule has 0 aliphatic heterocycles. The first-order chi connectivity index (χ1) is 9.15. The summed E-state index contributed by atoms with van der Waals surface area (Å²) in [5, 5.41) is 9.92. The standard InChI is InChI=1S/C12H12N6O/c1-7-15-10(13)9-11(16-7)18(12(19)17-9)6-8-3-2-4-14-5-8/h2-5H,6H2,1H3,(H,17,19)(H2,13,15,16). The lowest BCUT2D eigenvalue weighted by atomic mass is 10.3. The Morgan fingerprint density at radius 2 is 2.16 bits per heavy atom. The van der Waals surface area contributed by atoms with Gasteiger partial charge in [0.05, 0.1) is 6.54 Å². The molecule has 7 heteroatoms. The van der Waals surface area contributed by atoms with Crippen LogP contribution in [0.1, 0.15) is 11.4 Å². The molecule has 96 valence electrons. The third-order valence-corrected chi connectivity index (χ3v) is 2.78. The predicted molar refractivity (Wildman–Crippen MR) is 69.5 cm³/mol. The fraction of sp³-hybridized carbons (Fsp3) is 0.167. The number of pyridine rings is 1. The Labute approximate surface area is 108 Å². The minimum absolute atomic E-state index is 0.134. The molecule has 0 atom stereocenters. The van der Waals surface area contributed by atoms with Gasteiger partial charge in [-0.2, -0.15) is 4.98 Å². The third kappa shape index (κ3) is 1.95. The van der Waals surface area contributed by atoms with Crippen molar-refractivity contribution >= 4 is 17.0 Å². The Balaban J connectivity index is 2.15. The molecule has 0 aliphatic carbocycles. The number of hydrogen-bond donors (Lipinski definition) is 2. The van der Waals surface area contributed by atoms with Crippen molar-refractivity contribution in [3.8, 4) is 6.01 Å². The van der Waals surface area contributed by atoms with E-state index in [-0.39, 0.29) is 11.8 Å². The van der Waals surface area contributed by atoms with Crippen LogP contribution in [0.3, 0.4) is 0 Å². The molecule has 0 aliphatic rings. The first-order valence-electron chi connectivity index (χ1n) is 5.73. The zero-order chi connectivity index (χ0) is 13.4. The molecule has 0 bridgehead atoms. The third-order valence-electron chi connectivity index (χ3n) is 2.78. The number of nitrogen functional groups attached to an aromatic ring is 1. The summed E-state index contributed by atoms with van der Waals surface area (Å²) < 4.78 is 1.58. The van der Waals surface area contributed by atoms with Gasteiger partial charge in [-0.25, -0.2) is 9.97 Å². The van der Waals surface area contributed by atoms with Gasteiger partial charge in [0.1, 0.15) is 5.82 Å². The summed E-state index contributed by atoms with van der Waals surface area (Å²) in [7, 11) is 0. The second-order valence-electron chi connectivity index (χ2n) is 4.19. The summed E-state index contributed by atoms with van der Waals surface area (Å²) in [5.74, 6) is 0.806. The van der Waals surface area contributed by atoms with Gasteiger partial charge in [-0.1, -0.05) is 6.07 Å². The molecule has 0 fully saturated rings. The van der Waals surface area contributed by atoms with Crippen LogP contribution in [0.2, 0.25) is 0 Å². The van der Waals surface area contributed by atoms with E-state index < -0.39 is 0 Å². The van der Waals surface area contributed by atoms with Gasteiger partial charge in [-0.3, -0.25) is 9.55 Å². The van der Waals surface area contributed by atoms with Gasteiger partial charge in [-0.15, -0.1) is 0 Å². The lowest BCUT2D eigenvalue weighted by Gasteiger charge is -2.05. The Kier molecular flexibility index (Phi) is 2.52. The normalized spacial score (nSPS) is 11.0. The van der Waals surface area contributed by atoms with E-state index in [0.717, 1.165) is 5.56 Å². The SMILES string of the molecule is Cc1nc(N)c2nc(O)n(Cc3cccnc3)c2n1. The van der Waals surface area contributed by atoms with Crippen molar-refractivity contribution < 1.29 is 5.11 Å². The second-order valence-corrected chi connectivity index (χ2v) is 4.19. The van der Waals surface area contributed by atoms with Crippen molar-refractivity contribution in [2.75, 3.05) is 5.73 Å². The Bertz CT molecular complexity index is 737. The molecule has 3 rings (SSSR count). The summed E-state index contributed by atoms with van der Waals surface area (Å²) in [5.41, 5.74) is 7.65. The van der Waals surface area contributed by atoms with Gasteiger partial charge in [0.15, 0.2) is 17.0 Å². The monoisotopic (exact) mass is 256 g/mol. The van der Waals surface area contributed by atoms with Crippen molar-refractivity contribution in [3.05, 3.63) is 35.9 Å². The van der Waals surface area contributed by atoms with Crippen LogP contribution in [0.4, 0.5) is 5.82 Å². The summed E-state index contributed by atoms with van der Waals surface area (Å²) in [6, 6.07) is 3.61. The molecule has 0 saturated heterocycles. The minimum Gasteiger partial charge on any atom is -0.480 e. The number of aromatic hydroxyl groups is 1. The molecule has 3 heterocycles. The van der Waals surface area contributed by atoms with E-state index in [1.54, 1.807) is 23.9 Å². The number of nitrogens with zero attached hydrogens (tertiary/aromatic N) is 5. The number of nitrogens with two attached hydrogens (primary N) is 1. The molecular formula is C12H12N6O. The van der Waals surface area contributed by atoms with Crippen molar-refractivity contribution in [1.82, 2.24) is 24.5 Å². The highest BCUT2D eigenvalue weighted by molar-refractivity contribution is 5.82. The molecule has 0 aromatic carbocycles. The van der Waals surface area contributed by atoms with E-state index in [4.69, 9.17) is 5.73 Å². The molecule has 0 unspecified atom stereocenters. The minimum atomic E-state index is -0.134. The molecule has 3 aromatic rings. The van der Waals surface area contributed by atoms with Gasteiger partial charge >= 0.3 is 0 Å². The van der Waals surface area contributed by atoms with Gasteiger partial charge in [0.25, 0.3) is 6.01 Å². The van der Waals surface area contributed by atoms with Crippen LogP contribution < -0.4 is 5.73 Å². The fourth-order valence-electron chi connectivity index (χ4n) is 1.94. The van der Waals surface area contributed by atoms with E-state index in [1.807, 2.05) is 12.1 Å². The number of rotatable bonds is 2. The van der Waals surface area contributed by atoms with Crippen molar-refractivity contribution in [1.29, 1.82) is 0 Å². The average molecular weight is 256 g/mol. The first-order valence-corrected chi connectivity index (χ1v) is 5.73. The summed E-state index contributed by atoms with van der Waals surface area (Å²) in [4.78, 5) is 16.3. The van der Waals surface area contributed by atoms with E-state index in [1.165, 1.54) is 0 Å². The van der Waals surface area contributed by atoms with E-state index >= 15 is 0 Å². The summed E-state index contributed by atoms with van der Waals surface area (Å²) in [6.07, 6.45) is 3.42. The Morgan fingerprint density at radius 3 is 2.89 bits per heavy atom. The van der Waals surface area contributed by atoms with E-state index in [0.29, 0.717) is 23.5 Å². The molecule has 7 nitrogen and oxygen atoms in total. The van der Waals surface area contributed by atoms with Gasteiger partial charge in [-0.05, 0) is 18.6 Å². The highest BCUT2D eigenvalue weighted by atomic mass is 16.3. The van der Waals surface area contributed by atoms with Crippen LogP contribution in [-0.2, 0) is 6.54 Å². The zero-order valence-electron chi connectivity index (χ0n) is 10.3. The smallest absolute Gasteiger partial charge is 0.296 e. The molecule has 0 saturated carbocycles. The molecule has 19 heavy (non-hydrogen) atoms. The van der Waals surface area contributed by atoms with Crippen LogP contribution in [0.15, 0.2) is 24.5 Å². The molecule has 3 N–H and O–H groups in total. The number of aromatic nitrogens is 5. The van der Waals surface area contributed by atoms with Crippen LogP contribution in [-0.4, -0.2) is 29.6 Å². The van der Waals surface area contributed by atoms with Gasteiger partial charge in [0.2, 0.25) is 0 Å². The highest BCUT2D eigenvalue weighted by Crippen LogP contribution is 2.23. The lowest BCUT2D eigenvalue weighted by Crippen LogP contribution is -2.03. The second kappa shape index (κ2) is 4.20. The summed E-state index contributed by atoms with van der Waals surface area (Å²) >= 11 is 0.